The van der Waals surface area contributed by atoms with E-state index in [1.807, 2.05) is 0 Å². The minimum Gasteiger partial charge on any atom is -0.326 e. The molecule has 0 spiro atoms. The van der Waals surface area contributed by atoms with Gasteiger partial charge in [-0.05, 0) is 25.2 Å². The molecule has 2 fully saturated rings. The summed E-state index contributed by atoms with van der Waals surface area (Å²) in [5.41, 5.74) is 0. The van der Waals surface area contributed by atoms with E-state index in [-0.39, 0.29) is 6.04 Å². The topological polar surface area (TPSA) is 32.3 Å². The summed E-state index contributed by atoms with van der Waals surface area (Å²) in [4.78, 5) is 14.5. The Balaban J connectivity index is 1.90. The Hall–Kier alpha value is -0.570. The minimum absolute atomic E-state index is 0.0791. The van der Waals surface area contributed by atoms with Gasteiger partial charge in [-0.2, -0.15) is 0 Å². The molecule has 1 heterocycles. The van der Waals surface area contributed by atoms with Gasteiger partial charge in [-0.1, -0.05) is 46.0 Å². The van der Waals surface area contributed by atoms with E-state index in [2.05, 4.69) is 24.1 Å². The lowest BCUT2D eigenvalue weighted by atomic mass is 9.95. The Bertz CT molecular complexity index is 270. The smallest absolute Gasteiger partial charge is 0.241 e. The number of amides is 1. The second-order valence-electron chi connectivity index (χ2n) is 6.35. The normalized spacial score (nSPS) is 27.6. The lowest BCUT2D eigenvalue weighted by molar-refractivity contribution is -0.131. The zero-order chi connectivity index (χ0) is 13.0. The van der Waals surface area contributed by atoms with Gasteiger partial charge in [0.25, 0.3) is 0 Å². The Morgan fingerprint density at radius 2 is 1.78 bits per heavy atom. The van der Waals surface area contributed by atoms with Gasteiger partial charge in [0.2, 0.25) is 5.91 Å². The van der Waals surface area contributed by atoms with Crippen molar-refractivity contribution >= 4 is 5.91 Å². The molecule has 1 N–H and O–H groups in total. The van der Waals surface area contributed by atoms with Gasteiger partial charge in [0.15, 0.2) is 0 Å². The number of rotatable bonds is 3. The molecule has 0 bridgehead atoms. The minimum atomic E-state index is 0.0791. The lowest BCUT2D eigenvalue weighted by Gasteiger charge is -2.29. The van der Waals surface area contributed by atoms with Crippen LogP contribution in [-0.2, 0) is 4.79 Å². The average molecular weight is 252 g/mol. The number of hydrogen-bond acceptors (Lipinski definition) is 2. The van der Waals surface area contributed by atoms with Crippen LogP contribution in [0, 0.1) is 5.92 Å². The first-order chi connectivity index (χ1) is 8.68. The molecule has 0 radical (unpaired) electrons. The summed E-state index contributed by atoms with van der Waals surface area (Å²) in [6.07, 6.45) is 10.1. The molecule has 1 amide bonds. The average Bonchev–Trinajstić information content (AvgIpc) is 2.60. The number of nitrogens with zero attached hydrogens (tertiary/aromatic N) is 1. The molecule has 1 saturated carbocycles. The molecular formula is C15H28N2O. The number of carbonyl (C=O) groups excluding carboxylic acids is 1. The molecule has 1 atom stereocenters. The van der Waals surface area contributed by atoms with Crippen LogP contribution in [0.25, 0.3) is 0 Å². The monoisotopic (exact) mass is 252 g/mol. The molecule has 0 aromatic heterocycles. The summed E-state index contributed by atoms with van der Waals surface area (Å²) in [5, 5.41) is 3.40. The summed E-state index contributed by atoms with van der Waals surface area (Å²) in [5.74, 6) is 0.943. The molecule has 104 valence electrons. The maximum absolute atomic E-state index is 12.4. The van der Waals surface area contributed by atoms with Crippen LogP contribution in [0.15, 0.2) is 0 Å². The van der Waals surface area contributed by atoms with E-state index < -0.39 is 0 Å². The fraction of sp³-hybridized carbons (Fsp3) is 0.933. The largest absolute Gasteiger partial charge is 0.326 e. The highest BCUT2D eigenvalue weighted by atomic mass is 16.2. The third-order valence-corrected chi connectivity index (χ3v) is 4.31. The van der Waals surface area contributed by atoms with Crippen LogP contribution in [0.1, 0.15) is 65.2 Å². The quantitative estimate of drug-likeness (QED) is 0.837. The zero-order valence-corrected chi connectivity index (χ0v) is 12.0. The van der Waals surface area contributed by atoms with Gasteiger partial charge in [-0.25, -0.2) is 0 Å². The Morgan fingerprint density at radius 3 is 2.39 bits per heavy atom. The fourth-order valence-electron chi connectivity index (χ4n) is 3.28. The van der Waals surface area contributed by atoms with Crippen molar-refractivity contribution in [3.63, 3.8) is 0 Å². The van der Waals surface area contributed by atoms with Gasteiger partial charge in [0.05, 0.1) is 12.7 Å². The highest BCUT2D eigenvalue weighted by Gasteiger charge is 2.35. The van der Waals surface area contributed by atoms with E-state index in [0.717, 1.165) is 13.1 Å². The molecule has 2 aliphatic rings. The second kappa shape index (κ2) is 6.55. The van der Waals surface area contributed by atoms with Crippen LogP contribution >= 0.6 is 0 Å². The van der Waals surface area contributed by atoms with Crippen molar-refractivity contribution in [3.8, 4) is 0 Å². The molecule has 1 saturated heterocycles. The van der Waals surface area contributed by atoms with E-state index in [1.54, 1.807) is 0 Å². The van der Waals surface area contributed by atoms with Gasteiger partial charge in [-0.3, -0.25) is 10.1 Å². The Morgan fingerprint density at radius 1 is 1.17 bits per heavy atom. The highest BCUT2D eigenvalue weighted by molar-refractivity contribution is 5.84. The van der Waals surface area contributed by atoms with Crippen LogP contribution in [0.3, 0.4) is 0 Å². The summed E-state index contributed by atoms with van der Waals surface area (Å²) in [6.45, 7) is 5.15. The van der Waals surface area contributed by atoms with Crippen molar-refractivity contribution < 1.29 is 4.79 Å². The third-order valence-electron chi connectivity index (χ3n) is 4.31. The molecule has 1 unspecified atom stereocenters. The number of nitrogens with one attached hydrogen (secondary N) is 1. The standard InChI is InChI=1S/C15H28N2O/c1-12(2)10-14-15(18)17(11-16-14)13-8-6-4-3-5-7-9-13/h12-14,16H,3-11H2,1-2H3. The van der Waals surface area contributed by atoms with E-state index in [0.29, 0.717) is 17.9 Å². The summed E-state index contributed by atoms with van der Waals surface area (Å²) in [7, 11) is 0. The van der Waals surface area contributed by atoms with Crippen LogP contribution in [0.5, 0.6) is 0 Å². The summed E-state index contributed by atoms with van der Waals surface area (Å²) < 4.78 is 0. The summed E-state index contributed by atoms with van der Waals surface area (Å²) >= 11 is 0. The molecule has 3 nitrogen and oxygen atoms in total. The molecule has 1 aliphatic carbocycles. The SMILES string of the molecule is CC(C)CC1NCN(C2CCCCCCC2)C1=O. The molecule has 18 heavy (non-hydrogen) atoms. The summed E-state index contributed by atoms with van der Waals surface area (Å²) in [6, 6.07) is 0.581. The van der Waals surface area contributed by atoms with Crippen molar-refractivity contribution in [2.24, 2.45) is 5.92 Å². The molecule has 0 aromatic rings. The Kier molecular flexibility index (Phi) is 5.04. The van der Waals surface area contributed by atoms with Crippen molar-refractivity contribution in [2.75, 3.05) is 6.67 Å². The van der Waals surface area contributed by atoms with Crippen LogP contribution in [0.4, 0.5) is 0 Å². The third kappa shape index (κ3) is 3.47. The maximum atomic E-state index is 12.4. The fourth-order valence-corrected chi connectivity index (χ4v) is 3.28. The van der Waals surface area contributed by atoms with Gasteiger partial charge in [0.1, 0.15) is 0 Å². The van der Waals surface area contributed by atoms with Crippen molar-refractivity contribution in [1.82, 2.24) is 10.2 Å². The van der Waals surface area contributed by atoms with Crippen LogP contribution < -0.4 is 5.32 Å². The van der Waals surface area contributed by atoms with Crippen molar-refractivity contribution in [1.29, 1.82) is 0 Å². The van der Waals surface area contributed by atoms with E-state index in [1.165, 1.54) is 44.9 Å². The maximum Gasteiger partial charge on any atom is 0.241 e. The predicted octanol–water partition coefficient (Wildman–Crippen LogP) is 2.90. The van der Waals surface area contributed by atoms with Crippen LogP contribution in [-0.4, -0.2) is 29.6 Å². The molecule has 2 rings (SSSR count). The highest BCUT2D eigenvalue weighted by Crippen LogP contribution is 2.24. The predicted molar refractivity (Wildman–Crippen MR) is 74.2 cm³/mol. The number of carbonyl (C=O) groups is 1. The first-order valence-electron chi connectivity index (χ1n) is 7.72. The van der Waals surface area contributed by atoms with Crippen molar-refractivity contribution in [2.45, 2.75) is 77.3 Å². The molecule has 0 aromatic carbocycles. The van der Waals surface area contributed by atoms with Gasteiger partial charge in [0, 0.05) is 6.04 Å². The zero-order valence-electron chi connectivity index (χ0n) is 12.0. The first kappa shape index (κ1) is 13.9. The van der Waals surface area contributed by atoms with Gasteiger partial charge in [-0.15, -0.1) is 0 Å². The van der Waals surface area contributed by atoms with Gasteiger partial charge >= 0.3 is 0 Å². The van der Waals surface area contributed by atoms with Gasteiger partial charge < -0.3 is 4.90 Å². The van der Waals surface area contributed by atoms with E-state index in [4.69, 9.17) is 0 Å². The molecule has 3 heteroatoms. The van der Waals surface area contributed by atoms with E-state index in [9.17, 15) is 4.79 Å². The molecule has 1 aliphatic heterocycles. The molecular weight excluding hydrogens is 224 g/mol. The number of hydrogen-bond donors (Lipinski definition) is 1. The lowest BCUT2D eigenvalue weighted by Crippen LogP contribution is -2.39. The van der Waals surface area contributed by atoms with Crippen LogP contribution in [0.2, 0.25) is 0 Å². The first-order valence-corrected chi connectivity index (χ1v) is 7.72. The van der Waals surface area contributed by atoms with E-state index >= 15 is 0 Å². The second-order valence-corrected chi connectivity index (χ2v) is 6.35. The Labute approximate surface area is 111 Å². The van der Waals surface area contributed by atoms with Crippen molar-refractivity contribution in [3.05, 3.63) is 0 Å².